The minimum Gasteiger partial charge on any atom is -0.497 e. The molecule has 3 aromatic rings. The summed E-state index contributed by atoms with van der Waals surface area (Å²) in [6.07, 6.45) is 2.01. The van der Waals surface area contributed by atoms with Gasteiger partial charge in [0, 0.05) is 36.6 Å². The lowest BCUT2D eigenvalue weighted by molar-refractivity contribution is 0.0391. The van der Waals surface area contributed by atoms with Crippen LogP contribution in [0.5, 0.6) is 5.75 Å². The van der Waals surface area contributed by atoms with E-state index in [1.54, 1.807) is 18.9 Å². The van der Waals surface area contributed by atoms with Crippen LogP contribution in [0.25, 0.3) is 10.2 Å². The number of thiazole rings is 1. The molecule has 2 aromatic carbocycles. The molecule has 158 valence electrons. The molecular formula is C22H25N3O3S2. The highest BCUT2D eigenvalue weighted by Crippen LogP contribution is 2.32. The third kappa shape index (κ3) is 4.78. The zero-order valence-corrected chi connectivity index (χ0v) is 18.8. The highest BCUT2D eigenvalue weighted by atomic mass is 32.2. The molecule has 0 saturated carbocycles. The topological polar surface area (TPSA) is 54.9 Å². The number of hydrogen-bond acceptors (Lipinski definition) is 7. The van der Waals surface area contributed by atoms with E-state index in [1.165, 1.54) is 11.3 Å². The van der Waals surface area contributed by atoms with Gasteiger partial charge in [-0.3, -0.25) is 14.6 Å². The zero-order valence-electron chi connectivity index (χ0n) is 17.2. The van der Waals surface area contributed by atoms with Crippen molar-refractivity contribution in [3.63, 3.8) is 0 Å². The van der Waals surface area contributed by atoms with Crippen LogP contribution in [-0.2, 0) is 4.74 Å². The molecule has 8 heteroatoms. The van der Waals surface area contributed by atoms with Crippen molar-refractivity contribution in [1.29, 1.82) is 0 Å². The fourth-order valence-electron chi connectivity index (χ4n) is 3.40. The van der Waals surface area contributed by atoms with Gasteiger partial charge in [0.2, 0.25) is 0 Å². The maximum absolute atomic E-state index is 13.5. The van der Waals surface area contributed by atoms with Crippen molar-refractivity contribution in [1.82, 2.24) is 9.88 Å². The van der Waals surface area contributed by atoms with Crippen LogP contribution in [0.1, 0.15) is 10.4 Å². The van der Waals surface area contributed by atoms with Crippen molar-refractivity contribution < 1.29 is 14.3 Å². The number of morpholine rings is 1. The number of aromatic nitrogens is 1. The number of nitrogens with zero attached hydrogens (tertiary/aromatic N) is 3. The van der Waals surface area contributed by atoms with E-state index in [-0.39, 0.29) is 5.91 Å². The third-order valence-electron chi connectivity index (χ3n) is 5.12. The maximum atomic E-state index is 13.5. The summed E-state index contributed by atoms with van der Waals surface area (Å²) in [5.74, 6) is 0.766. The van der Waals surface area contributed by atoms with Crippen LogP contribution in [0.3, 0.4) is 0 Å². The number of carbonyl (C=O) groups excluding carboxylic acids is 1. The largest absolute Gasteiger partial charge is 0.497 e. The molecule has 0 bridgehead atoms. The Labute approximate surface area is 184 Å². The molecule has 0 unspecified atom stereocenters. The molecule has 0 atom stereocenters. The van der Waals surface area contributed by atoms with Gasteiger partial charge < -0.3 is 9.47 Å². The maximum Gasteiger partial charge on any atom is 0.260 e. The van der Waals surface area contributed by atoms with Gasteiger partial charge in [-0.05, 0) is 42.7 Å². The second-order valence-corrected chi connectivity index (χ2v) is 8.86. The fraction of sp³-hybridized carbons (Fsp3) is 0.364. The van der Waals surface area contributed by atoms with E-state index < -0.39 is 0 Å². The number of thioether (sulfide) groups is 1. The van der Waals surface area contributed by atoms with E-state index in [9.17, 15) is 4.79 Å². The first-order valence-electron chi connectivity index (χ1n) is 9.88. The first kappa shape index (κ1) is 21.1. The zero-order chi connectivity index (χ0) is 20.9. The van der Waals surface area contributed by atoms with Crippen LogP contribution in [-0.4, -0.2) is 68.5 Å². The third-order valence-corrected chi connectivity index (χ3v) is 6.89. The van der Waals surface area contributed by atoms with Crippen molar-refractivity contribution in [2.24, 2.45) is 0 Å². The van der Waals surface area contributed by atoms with Crippen LogP contribution >= 0.6 is 23.1 Å². The fourth-order valence-corrected chi connectivity index (χ4v) is 4.88. The van der Waals surface area contributed by atoms with E-state index in [1.807, 2.05) is 53.6 Å². The first-order valence-corrected chi connectivity index (χ1v) is 11.9. The first-order chi connectivity index (χ1) is 14.7. The van der Waals surface area contributed by atoms with Crippen LogP contribution in [0.4, 0.5) is 5.13 Å². The average Bonchev–Trinajstić information content (AvgIpc) is 3.22. The Balaban J connectivity index is 1.64. The summed E-state index contributed by atoms with van der Waals surface area (Å²) in [7, 11) is 1.65. The monoisotopic (exact) mass is 443 g/mol. The quantitative estimate of drug-likeness (QED) is 0.515. The molecule has 4 rings (SSSR count). The lowest BCUT2D eigenvalue weighted by Gasteiger charge is -2.29. The molecular weight excluding hydrogens is 418 g/mol. The molecule has 30 heavy (non-hydrogen) atoms. The molecule has 0 N–H and O–H groups in total. The van der Waals surface area contributed by atoms with Crippen molar-refractivity contribution in [2.45, 2.75) is 4.90 Å². The molecule has 1 aromatic heterocycles. The summed E-state index contributed by atoms with van der Waals surface area (Å²) >= 11 is 3.15. The van der Waals surface area contributed by atoms with Crippen molar-refractivity contribution in [3.05, 3.63) is 48.0 Å². The number of ether oxygens (including phenoxy) is 2. The molecule has 1 fully saturated rings. The molecule has 6 nitrogen and oxygen atoms in total. The predicted molar refractivity (Wildman–Crippen MR) is 123 cm³/mol. The molecule has 2 heterocycles. The van der Waals surface area contributed by atoms with Gasteiger partial charge in [0.15, 0.2) is 5.13 Å². The Hall–Kier alpha value is -2.13. The predicted octanol–water partition coefficient (Wildman–Crippen LogP) is 4.01. The van der Waals surface area contributed by atoms with Gasteiger partial charge in [0.05, 0.1) is 30.5 Å². The number of fused-ring (bicyclic) bond motifs is 1. The SMILES string of the molecule is COc1ccc2nc(N(CCN3CCOCC3)C(=O)c3cccc(SC)c3)sc2c1. The van der Waals surface area contributed by atoms with E-state index in [0.29, 0.717) is 17.2 Å². The molecule has 0 aliphatic carbocycles. The molecule has 0 radical (unpaired) electrons. The van der Waals surface area contributed by atoms with Gasteiger partial charge in [-0.2, -0.15) is 0 Å². The number of carbonyl (C=O) groups is 1. The molecule has 0 spiro atoms. The van der Waals surface area contributed by atoms with Gasteiger partial charge >= 0.3 is 0 Å². The highest BCUT2D eigenvalue weighted by Gasteiger charge is 2.23. The van der Waals surface area contributed by atoms with E-state index in [2.05, 4.69) is 4.90 Å². The summed E-state index contributed by atoms with van der Waals surface area (Å²) in [4.78, 5) is 23.5. The highest BCUT2D eigenvalue weighted by molar-refractivity contribution is 7.98. The van der Waals surface area contributed by atoms with Crippen molar-refractivity contribution in [3.8, 4) is 5.75 Å². The Morgan fingerprint density at radius 3 is 2.87 bits per heavy atom. The van der Waals surface area contributed by atoms with Crippen LogP contribution < -0.4 is 9.64 Å². The number of rotatable bonds is 7. The lowest BCUT2D eigenvalue weighted by Crippen LogP contribution is -2.43. The summed E-state index contributed by atoms with van der Waals surface area (Å²) in [5.41, 5.74) is 1.55. The Kier molecular flexibility index (Phi) is 6.89. The standard InChI is InChI=1S/C22H25N3O3S2/c1-27-17-6-7-19-20(15-17)30-22(23-19)25(9-8-24-10-12-28-13-11-24)21(26)16-4-3-5-18(14-16)29-2/h3-7,14-15H,8-13H2,1-2H3. The van der Waals surface area contributed by atoms with Gasteiger partial charge in [0.1, 0.15) is 5.75 Å². The van der Waals surface area contributed by atoms with Crippen molar-refractivity contribution in [2.75, 3.05) is 57.7 Å². The summed E-state index contributed by atoms with van der Waals surface area (Å²) in [6, 6.07) is 13.6. The number of anilines is 1. The Morgan fingerprint density at radius 2 is 2.10 bits per heavy atom. The normalized spacial score (nSPS) is 14.7. The van der Waals surface area contributed by atoms with Gasteiger partial charge in [0.25, 0.3) is 5.91 Å². The summed E-state index contributed by atoms with van der Waals surface area (Å²) < 4.78 is 11.8. The molecule has 1 saturated heterocycles. The molecule has 1 aliphatic heterocycles. The van der Waals surface area contributed by atoms with Crippen LogP contribution in [0.15, 0.2) is 47.4 Å². The number of amides is 1. The van der Waals surface area contributed by atoms with E-state index >= 15 is 0 Å². The minimum absolute atomic E-state index is 0.0230. The Morgan fingerprint density at radius 1 is 1.27 bits per heavy atom. The molecule has 1 amide bonds. The van der Waals surface area contributed by atoms with Gasteiger partial charge in [-0.25, -0.2) is 4.98 Å². The molecule has 1 aliphatic rings. The minimum atomic E-state index is -0.0230. The second-order valence-electron chi connectivity index (χ2n) is 6.97. The average molecular weight is 444 g/mol. The Bertz CT molecular complexity index is 1020. The second kappa shape index (κ2) is 9.78. The summed E-state index contributed by atoms with van der Waals surface area (Å²) in [5, 5.41) is 0.714. The van der Waals surface area contributed by atoms with Crippen molar-refractivity contribution >= 4 is 44.4 Å². The van der Waals surface area contributed by atoms with Crippen LogP contribution in [0, 0.1) is 0 Å². The lowest BCUT2D eigenvalue weighted by atomic mass is 10.2. The van der Waals surface area contributed by atoms with Gasteiger partial charge in [-0.15, -0.1) is 11.8 Å². The van der Waals surface area contributed by atoms with Crippen LogP contribution in [0.2, 0.25) is 0 Å². The smallest absolute Gasteiger partial charge is 0.260 e. The summed E-state index contributed by atoms with van der Waals surface area (Å²) in [6.45, 7) is 4.63. The van der Waals surface area contributed by atoms with Gasteiger partial charge in [-0.1, -0.05) is 17.4 Å². The number of methoxy groups -OCH3 is 1. The van der Waals surface area contributed by atoms with E-state index in [4.69, 9.17) is 14.5 Å². The number of benzene rings is 2. The number of hydrogen-bond donors (Lipinski definition) is 0. The van der Waals surface area contributed by atoms with E-state index in [0.717, 1.165) is 53.7 Å².